The predicted molar refractivity (Wildman–Crippen MR) is 114 cm³/mol. The molecular formula is C24H27N3O2. The number of methoxy groups -OCH3 is 1. The first-order chi connectivity index (χ1) is 14.2. The summed E-state index contributed by atoms with van der Waals surface area (Å²) in [6.07, 6.45) is 4.28. The van der Waals surface area contributed by atoms with Crippen molar-refractivity contribution in [1.82, 2.24) is 14.9 Å². The third kappa shape index (κ3) is 4.19. The maximum atomic E-state index is 13.0. The zero-order valence-electron chi connectivity index (χ0n) is 17.1. The lowest BCUT2D eigenvalue weighted by Gasteiger charge is -2.09. The number of hydrogen-bond acceptors (Lipinski definition) is 3. The summed E-state index contributed by atoms with van der Waals surface area (Å²) in [6.45, 7) is 3.43. The van der Waals surface area contributed by atoms with E-state index in [0.717, 1.165) is 54.2 Å². The number of fused-ring (bicyclic) bond motifs is 1. The standard InChI is InChI=1S/C24H27N3O2/c1-17-10-12-19(13-11-17)23-26-22(21-9-4-3-5-14-27(21)23)24(28)25-16-18-7-6-8-20(15-18)29-2/h6-8,10-13,15H,3-5,9,14,16H2,1-2H3,(H,25,28). The Morgan fingerprint density at radius 2 is 1.97 bits per heavy atom. The minimum absolute atomic E-state index is 0.114. The number of aryl methyl sites for hydroxylation is 1. The molecule has 0 fully saturated rings. The molecule has 1 amide bonds. The van der Waals surface area contributed by atoms with Gasteiger partial charge in [0.15, 0.2) is 0 Å². The lowest BCUT2D eigenvalue weighted by atomic mass is 10.1. The van der Waals surface area contributed by atoms with E-state index in [1.807, 2.05) is 24.3 Å². The van der Waals surface area contributed by atoms with Crippen LogP contribution in [0.5, 0.6) is 5.75 Å². The van der Waals surface area contributed by atoms with Crippen LogP contribution in [-0.4, -0.2) is 22.6 Å². The van der Waals surface area contributed by atoms with Gasteiger partial charge in [0, 0.05) is 18.7 Å². The molecular weight excluding hydrogens is 362 g/mol. The summed E-state index contributed by atoms with van der Waals surface area (Å²) in [5.41, 5.74) is 4.89. The van der Waals surface area contributed by atoms with E-state index < -0.39 is 0 Å². The molecule has 2 heterocycles. The van der Waals surface area contributed by atoms with E-state index in [1.54, 1.807) is 7.11 Å². The number of ether oxygens (including phenoxy) is 1. The van der Waals surface area contributed by atoms with Crippen LogP contribution in [0.3, 0.4) is 0 Å². The second-order valence-electron chi connectivity index (χ2n) is 7.59. The van der Waals surface area contributed by atoms with Gasteiger partial charge in [-0.2, -0.15) is 0 Å². The molecule has 5 heteroatoms. The maximum Gasteiger partial charge on any atom is 0.272 e. The van der Waals surface area contributed by atoms with Gasteiger partial charge in [-0.3, -0.25) is 4.79 Å². The highest BCUT2D eigenvalue weighted by atomic mass is 16.5. The van der Waals surface area contributed by atoms with Crippen LogP contribution in [0.4, 0.5) is 0 Å². The molecule has 1 aromatic heterocycles. The number of nitrogens with one attached hydrogen (secondary N) is 1. The molecule has 0 bridgehead atoms. The van der Waals surface area contributed by atoms with Crippen LogP contribution in [-0.2, 0) is 19.5 Å². The lowest BCUT2D eigenvalue weighted by Crippen LogP contribution is -2.24. The van der Waals surface area contributed by atoms with Crippen molar-refractivity contribution in [1.29, 1.82) is 0 Å². The van der Waals surface area contributed by atoms with Crippen LogP contribution in [0.15, 0.2) is 48.5 Å². The van der Waals surface area contributed by atoms with Gasteiger partial charge in [0.2, 0.25) is 0 Å². The minimum Gasteiger partial charge on any atom is -0.497 e. The number of benzene rings is 2. The van der Waals surface area contributed by atoms with Crippen molar-refractivity contribution in [3.8, 4) is 17.1 Å². The fraction of sp³-hybridized carbons (Fsp3) is 0.333. The summed E-state index contributed by atoms with van der Waals surface area (Å²) in [7, 11) is 1.64. The van der Waals surface area contributed by atoms with Crippen LogP contribution < -0.4 is 10.1 Å². The molecule has 0 unspecified atom stereocenters. The number of rotatable bonds is 5. The predicted octanol–water partition coefficient (Wildman–Crippen LogP) is 4.52. The van der Waals surface area contributed by atoms with Gasteiger partial charge in [-0.25, -0.2) is 4.98 Å². The zero-order chi connectivity index (χ0) is 20.2. The highest BCUT2D eigenvalue weighted by molar-refractivity contribution is 5.94. The first kappa shape index (κ1) is 19.2. The summed E-state index contributed by atoms with van der Waals surface area (Å²) in [5.74, 6) is 1.57. The Balaban J connectivity index is 1.62. The van der Waals surface area contributed by atoms with E-state index in [9.17, 15) is 4.79 Å². The fourth-order valence-electron chi connectivity index (χ4n) is 3.87. The summed E-state index contributed by atoms with van der Waals surface area (Å²) < 4.78 is 7.52. The van der Waals surface area contributed by atoms with Gasteiger partial charge in [0.05, 0.1) is 12.8 Å². The molecule has 0 radical (unpaired) electrons. The van der Waals surface area contributed by atoms with Crippen molar-refractivity contribution in [3.63, 3.8) is 0 Å². The second-order valence-corrected chi connectivity index (χ2v) is 7.59. The number of amides is 1. The molecule has 0 saturated heterocycles. The molecule has 29 heavy (non-hydrogen) atoms. The molecule has 1 N–H and O–H groups in total. The Hall–Kier alpha value is -3.08. The van der Waals surface area contributed by atoms with Crippen molar-refractivity contribution in [2.24, 2.45) is 0 Å². The average Bonchev–Trinajstić information content (AvgIpc) is 2.93. The molecule has 0 spiro atoms. The third-order valence-electron chi connectivity index (χ3n) is 5.48. The quantitative estimate of drug-likeness (QED) is 0.698. The summed E-state index contributed by atoms with van der Waals surface area (Å²) in [5, 5.41) is 3.04. The van der Waals surface area contributed by atoms with Gasteiger partial charge >= 0.3 is 0 Å². The smallest absolute Gasteiger partial charge is 0.272 e. The summed E-state index contributed by atoms with van der Waals surface area (Å²) in [4.78, 5) is 17.8. The van der Waals surface area contributed by atoms with Crippen LogP contribution in [0.2, 0.25) is 0 Å². The first-order valence-electron chi connectivity index (χ1n) is 10.2. The Morgan fingerprint density at radius 1 is 1.14 bits per heavy atom. The average molecular weight is 389 g/mol. The van der Waals surface area contributed by atoms with Crippen LogP contribution in [0, 0.1) is 6.92 Å². The molecule has 150 valence electrons. The Morgan fingerprint density at radius 3 is 2.76 bits per heavy atom. The molecule has 1 aliphatic rings. The summed E-state index contributed by atoms with van der Waals surface area (Å²) in [6, 6.07) is 16.1. The van der Waals surface area contributed by atoms with E-state index in [2.05, 4.69) is 41.1 Å². The monoisotopic (exact) mass is 389 g/mol. The van der Waals surface area contributed by atoms with Gasteiger partial charge in [0.25, 0.3) is 5.91 Å². The van der Waals surface area contributed by atoms with Gasteiger partial charge in [0.1, 0.15) is 17.3 Å². The zero-order valence-corrected chi connectivity index (χ0v) is 17.1. The van der Waals surface area contributed by atoms with E-state index in [4.69, 9.17) is 9.72 Å². The normalized spacial score (nSPS) is 13.4. The Bertz CT molecular complexity index is 1010. The summed E-state index contributed by atoms with van der Waals surface area (Å²) >= 11 is 0. The van der Waals surface area contributed by atoms with E-state index >= 15 is 0 Å². The van der Waals surface area contributed by atoms with E-state index in [0.29, 0.717) is 12.2 Å². The first-order valence-corrected chi connectivity index (χ1v) is 10.2. The van der Waals surface area contributed by atoms with Crippen LogP contribution in [0.25, 0.3) is 11.4 Å². The Labute approximate surface area is 171 Å². The molecule has 4 rings (SSSR count). The fourth-order valence-corrected chi connectivity index (χ4v) is 3.87. The number of imidazole rings is 1. The van der Waals surface area contributed by atoms with Crippen LogP contribution >= 0.6 is 0 Å². The van der Waals surface area contributed by atoms with Crippen molar-refractivity contribution < 1.29 is 9.53 Å². The number of aromatic nitrogens is 2. The van der Waals surface area contributed by atoms with E-state index in [-0.39, 0.29) is 5.91 Å². The second kappa shape index (κ2) is 8.52. The van der Waals surface area contributed by atoms with Gasteiger partial charge < -0.3 is 14.6 Å². The lowest BCUT2D eigenvalue weighted by molar-refractivity contribution is 0.0945. The maximum absolute atomic E-state index is 13.0. The molecule has 2 aromatic carbocycles. The molecule has 0 saturated carbocycles. The number of carbonyl (C=O) groups excluding carboxylic acids is 1. The Kier molecular flexibility index (Phi) is 5.65. The third-order valence-corrected chi connectivity index (χ3v) is 5.48. The van der Waals surface area contributed by atoms with Crippen molar-refractivity contribution in [2.45, 2.75) is 45.7 Å². The molecule has 3 aromatic rings. The van der Waals surface area contributed by atoms with Crippen LogP contribution in [0.1, 0.15) is 46.6 Å². The largest absolute Gasteiger partial charge is 0.497 e. The molecule has 0 atom stereocenters. The topological polar surface area (TPSA) is 56.1 Å². The van der Waals surface area contributed by atoms with Crippen molar-refractivity contribution in [3.05, 3.63) is 71.0 Å². The van der Waals surface area contributed by atoms with Gasteiger partial charge in [-0.15, -0.1) is 0 Å². The van der Waals surface area contributed by atoms with Crippen molar-refractivity contribution in [2.75, 3.05) is 7.11 Å². The van der Waals surface area contributed by atoms with E-state index in [1.165, 1.54) is 12.0 Å². The number of nitrogens with zero attached hydrogens (tertiary/aromatic N) is 2. The highest BCUT2D eigenvalue weighted by Crippen LogP contribution is 2.27. The molecule has 0 aliphatic carbocycles. The SMILES string of the molecule is COc1cccc(CNC(=O)c2nc(-c3ccc(C)cc3)n3c2CCCCC3)c1. The molecule has 1 aliphatic heterocycles. The van der Waals surface area contributed by atoms with Gasteiger partial charge in [-0.05, 0) is 43.9 Å². The number of hydrogen-bond donors (Lipinski definition) is 1. The van der Waals surface area contributed by atoms with Gasteiger partial charge in [-0.1, -0.05) is 48.4 Å². The van der Waals surface area contributed by atoms with Crippen molar-refractivity contribution >= 4 is 5.91 Å². The number of carbonyl (C=O) groups is 1. The minimum atomic E-state index is -0.114. The molecule has 5 nitrogen and oxygen atoms in total. The highest BCUT2D eigenvalue weighted by Gasteiger charge is 2.24.